The summed E-state index contributed by atoms with van der Waals surface area (Å²) in [6.45, 7) is 8.43. The Morgan fingerprint density at radius 2 is 1.85 bits per heavy atom. The fourth-order valence-corrected chi connectivity index (χ4v) is 3.32. The van der Waals surface area contributed by atoms with Gasteiger partial charge in [-0.3, -0.25) is 5.10 Å². The minimum absolute atomic E-state index is 0.353. The van der Waals surface area contributed by atoms with Crippen molar-refractivity contribution in [1.82, 2.24) is 25.5 Å². The summed E-state index contributed by atoms with van der Waals surface area (Å²) in [4.78, 5) is 11.4. The monoisotopic (exact) mass is 363 g/mol. The number of anilines is 3. The molecule has 1 aliphatic rings. The lowest BCUT2D eigenvalue weighted by molar-refractivity contribution is 0.589. The molecular formula is C20H25N7. The van der Waals surface area contributed by atoms with E-state index in [2.05, 4.69) is 73.8 Å². The van der Waals surface area contributed by atoms with E-state index in [0.717, 1.165) is 48.8 Å². The number of aromatic nitrogens is 4. The van der Waals surface area contributed by atoms with Crippen LogP contribution < -0.4 is 15.5 Å². The van der Waals surface area contributed by atoms with Crippen LogP contribution in [0, 0.1) is 0 Å². The summed E-state index contributed by atoms with van der Waals surface area (Å²) in [5, 5.41) is 13.9. The maximum absolute atomic E-state index is 4.66. The second-order valence-electron chi connectivity index (χ2n) is 7.03. The zero-order chi connectivity index (χ0) is 18.6. The molecule has 0 atom stereocenters. The molecule has 0 amide bonds. The van der Waals surface area contributed by atoms with Crippen LogP contribution in [0.15, 0.2) is 42.7 Å². The van der Waals surface area contributed by atoms with E-state index in [-0.39, 0.29) is 0 Å². The predicted molar refractivity (Wildman–Crippen MR) is 109 cm³/mol. The summed E-state index contributed by atoms with van der Waals surface area (Å²) < 4.78 is 0. The Bertz CT molecular complexity index is 879. The van der Waals surface area contributed by atoms with Gasteiger partial charge in [-0.25, -0.2) is 9.97 Å². The highest BCUT2D eigenvalue weighted by molar-refractivity contribution is 5.65. The first-order valence-electron chi connectivity index (χ1n) is 9.40. The van der Waals surface area contributed by atoms with Crippen molar-refractivity contribution in [3.8, 4) is 11.3 Å². The smallest absolute Gasteiger partial charge is 0.227 e. The highest BCUT2D eigenvalue weighted by atomic mass is 15.2. The summed E-state index contributed by atoms with van der Waals surface area (Å²) in [5.41, 5.74) is 5.19. The molecule has 0 spiro atoms. The van der Waals surface area contributed by atoms with Crippen molar-refractivity contribution >= 4 is 17.3 Å². The quantitative estimate of drug-likeness (QED) is 0.646. The Morgan fingerprint density at radius 1 is 1.07 bits per heavy atom. The van der Waals surface area contributed by atoms with Crippen molar-refractivity contribution in [1.29, 1.82) is 0 Å². The molecular weight excluding hydrogens is 338 g/mol. The summed E-state index contributed by atoms with van der Waals surface area (Å²) in [7, 11) is 0. The van der Waals surface area contributed by atoms with Crippen LogP contribution in [0.5, 0.6) is 0 Å². The summed E-state index contributed by atoms with van der Waals surface area (Å²) in [5.74, 6) is 0.935. The number of nitrogens with zero attached hydrogens (tertiary/aromatic N) is 4. The van der Waals surface area contributed by atoms with E-state index in [1.165, 1.54) is 5.69 Å². The third-order valence-electron chi connectivity index (χ3n) is 4.78. The second kappa shape index (κ2) is 7.75. The maximum atomic E-state index is 4.66. The van der Waals surface area contributed by atoms with Gasteiger partial charge < -0.3 is 15.5 Å². The molecule has 0 radical (unpaired) electrons. The predicted octanol–water partition coefficient (Wildman–Crippen LogP) is 3.14. The Labute approximate surface area is 159 Å². The van der Waals surface area contributed by atoms with Gasteiger partial charge in [0.15, 0.2) is 0 Å². The third kappa shape index (κ3) is 3.93. The number of rotatable bonds is 5. The number of piperazine rings is 1. The molecule has 3 N–H and O–H groups in total. The molecule has 27 heavy (non-hydrogen) atoms. The Balaban J connectivity index is 1.50. The van der Waals surface area contributed by atoms with E-state index in [4.69, 9.17) is 0 Å². The highest BCUT2D eigenvalue weighted by Gasteiger charge is 2.13. The summed E-state index contributed by atoms with van der Waals surface area (Å²) in [6, 6.07) is 10.3. The van der Waals surface area contributed by atoms with Gasteiger partial charge in [0.2, 0.25) is 5.95 Å². The van der Waals surface area contributed by atoms with Crippen LogP contribution in [0.3, 0.4) is 0 Å². The van der Waals surface area contributed by atoms with Crippen molar-refractivity contribution in [2.24, 2.45) is 0 Å². The van der Waals surface area contributed by atoms with E-state index < -0.39 is 0 Å². The molecule has 3 aromatic rings. The molecule has 0 saturated carbocycles. The topological polar surface area (TPSA) is 81.8 Å². The fraction of sp³-hybridized carbons (Fsp3) is 0.350. The number of aromatic amines is 1. The normalized spacial score (nSPS) is 14.6. The SMILES string of the molecule is CC(C)c1[nH]ncc1-c1ccnc(Nc2ccc(N3CCNCC3)cc2)n1. The zero-order valence-corrected chi connectivity index (χ0v) is 15.7. The molecule has 3 heterocycles. The van der Waals surface area contributed by atoms with E-state index in [0.29, 0.717) is 11.9 Å². The average molecular weight is 363 g/mol. The van der Waals surface area contributed by atoms with Gasteiger partial charge in [0.25, 0.3) is 0 Å². The van der Waals surface area contributed by atoms with Crippen LogP contribution in [-0.2, 0) is 0 Å². The average Bonchev–Trinajstić information content (AvgIpc) is 3.20. The molecule has 7 nitrogen and oxygen atoms in total. The van der Waals surface area contributed by atoms with Crippen molar-refractivity contribution in [3.05, 3.63) is 48.4 Å². The Kier molecular flexibility index (Phi) is 5.02. The number of hydrogen-bond donors (Lipinski definition) is 3. The van der Waals surface area contributed by atoms with Gasteiger partial charge in [-0.15, -0.1) is 0 Å². The highest BCUT2D eigenvalue weighted by Crippen LogP contribution is 2.27. The molecule has 0 unspecified atom stereocenters. The first-order valence-corrected chi connectivity index (χ1v) is 9.40. The lowest BCUT2D eigenvalue weighted by Crippen LogP contribution is -2.43. The van der Waals surface area contributed by atoms with Crippen LogP contribution in [0.2, 0.25) is 0 Å². The van der Waals surface area contributed by atoms with Crippen LogP contribution in [-0.4, -0.2) is 46.3 Å². The number of benzene rings is 1. The van der Waals surface area contributed by atoms with E-state index in [1.54, 1.807) is 6.20 Å². The molecule has 1 aromatic carbocycles. The largest absolute Gasteiger partial charge is 0.369 e. The van der Waals surface area contributed by atoms with Crippen LogP contribution in [0.1, 0.15) is 25.5 Å². The van der Waals surface area contributed by atoms with E-state index >= 15 is 0 Å². The lowest BCUT2D eigenvalue weighted by atomic mass is 10.0. The van der Waals surface area contributed by atoms with Crippen LogP contribution in [0.25, 0.3) is 11.3 Å². The zero-order valence-electron chi connectivity index (χ0n) is 15.7. The standard InChI is InChI=1S/C20H25N7/c1-14(2)19-17(13-23-26-19)18-7-8-22-20(25-18)24-15-3-5-16(6-4-15)27-11-9-21-10-12-27/h3-8,13-14,21H,9-12H2,1-2H3,(H,23,26)(H,22,24,25). The molecule has 1 saturated heterocycles. The van der Waals surface area contributed by atoms with Gasteiger partial charge in [0.05, 0.1) is 11.9 Å². The summed E-state index contributed by atoms with van der Waals surface area (Å²) in [6.07, 6.45) is 3.60. The third-order valence-corrected chi connectivity index (χ3v) is 4.78. The number of H-pyrrole nitrogens is 1. The van der Waals surface area contributed by atoms with Gasteiger partial charge >= 0.3 is 0 Å². The van der Waals surface area contributed by atoms with Gasteiger partial charge in [-0.05, 0) is 36.2 Å². The van der Waals surface area contributed by atoms with Crippen molar-refractivity contribution < 1.29 is 0 Å². The van der Waals surface area contributed by atoms with Crippen LogP contribution >= 0.6 is 0 Å². The van der Waals surface area contributed by atoms with E-state index in [1.807, 2.05) is 12.3 Å². The fourth-order valence-electron chi connectivity index (χ4n) is 3.32. The first kappa shape index (κ1) is 17.5. The Morgan fingerprint density at radius 3 is 2.59 bits per heavy atom. The van der Waals surface area contributed by atoms with Crippen molar-refractivity contribution in [2.45, 2.75) is 19.8 Å². The molecule has 140 valence electrons. The summed E-state index contributed by atoms with van der Waals surface area (Å²) >= 11 is 0. The molecule has 1 fully saturated rings. The number of nitrogens with one attached hydrogen (secondary N) is 3. The molecule has 0 aliphatic carbocycles. The first-order chi connectivity index (χ1) is 13.2. The maximum Gasteiger partial charge on any atom is 0.227 e. The van der Waals surface area contributed by atoms with Gasteiger partial charge in [0.1, 0.15) is 0 Å². The molecule has 7 heteroatoms. The molecule has 0 bridgehead atoms. The van der Waals surface area contributed by atoms with Gasteiger partial charge in [0, 0.05) is 55.0 Å². The molecule has 1 aliphatic heterocycles. The second-order valence-corrected chi connectivity index (χ2v) is 7.03. The van der Waals surface area contributed by atoms with Crippen molar-refractivity contribution in [2.75, 3.05) is 36.4 Å². The van der Waals surface area contributed by atoms with Gasteiger partial charge in [-0.1, -0.05) is 13.8 Å². The van der Waals surface area contributed by atoms with Gasteiger partial charge in [-0.2, -0.15) is 5.10 Å². The minimum Gasteiger partial charge on any atom is -0.369 e. The van der Waals surface area contributed by atoms with E-state index in [9.17, 15) is 0 Å². The van der Waals surface area contributed by atoms with Crippen molar-refractivity contribution in [3.63, 3.8) is 0 Å². The number of hydrogen-bond acceptors (Lipinski definition) is 6. The molecule has 4 rings (SSSR count). The van der Waals surface area contributed by atoms with Crippen LogP contribution in [0.4, 0.5) is 17.3 Å². The minimum atomic E-state index is 0.353. The lowest BCUT2D eigenvalue weighted by Gasteiger charge is -2.29. The molecule has 2 aromatic heterocycles. The Hall–Kier alpha value is -2.93.